The minimum atomic E-state index is -4.31. The number of aryl methyl sites for hydroxylation is 1. The molecule has 1 saturated carbocycles. The molecule has 0 aromatic heterocycles. The van der Waals surface area contributed by atoms with Gasteiger partial charge in [0.15, 0.2) is 0 Å². The van der Waals surface area contributed by atoms with Gasteiger partial charge in [0.25, 0.3) is 0 Å². The van der Waals surface area contributed by atoms with Gasteiger partial charge in [-0.05, 0) is 71.6 Å². The highest BCUT2D eigenvalue weighted by Crippen LogP contribution is 2.63. The summed E-state index contributed by atoms with van der Waals surface area (Å²) in [6, 6.07) is 12.7. The SMILES string of the molecule is Cc1ccc2c(c1)C1C3C=CC=CC3C(C)C1C2Cc1ccccc1C(F)(F)F. The molecule has 1 fully saturated rings. The van der Waals surface area contributed by atoms with Gasteiger partial charge in [0, 0.05) is 0 Å². The largest absolute Gasteiger partial charge is 0.416 e. The molecule has 3 aliphatic carbocycles. The number of hydrogen-bond acceptors (Lipinski definition) is 0. The fraction of sp³-hybridized carbons (Fsp3) is 0.385. The van der Waals surface area contributed by atoms with Crippen molar-refractivity contribution in [2.24, 2.45) is 23.7 Å². The Labute approximate surface area is 170 Å². The number of alkyl halides is 3. The minimum absolute atomic E-state index is 0.126. The lowest BCUT2D eigenvalue weighted by molar-refractivity contribution is -0.138. The summed E-state index contributed by atoms with van der Waals surface area (Å²) in [7, 11) is 0. The molecule has 29 heavy (non-hydrogen) atoms. The van der Waals surface area contributed by atoms with Crippen LogP contribution in [0.3, 0.4) is 0 Å². The smallest absolute Gasteiger partial charge is 0.166 e. The first-order chi connectivity index (χ1) is 13.9. The average molecular weight is 394 g/mol. The topological polar surface area (TPSA) is 0 Å². The Bertz CT molecular complexity index is 997. The van der Waals surface area contributed by atoms with E-state index in [1.165, 1.54) is 28.8 Å². The molecule has 0 bridgehead atoms. The normalized spacial score (nSPS) is 32.2. The third kappa shape index (κ3) is 2.89. The van der Waals surface area contributed by atoms with Crippen LogP contribution in [0, 0.1) is 30.6 Å². The van der Waals surface area contributed by atoms with Crippen molar-refractivity contribution in [3.63, 3.8) is 0 Å². The van der Waals surface area contributed by atoms with Gasteiger partial charge in [-0.25, -0.2) is 0 Å². The number of fused-ring (bicyclic) bond motifs is 5. The molecule has 6 atom stereocenters. The minimum Gasteiger partial charge on any atom is -0.166 e. The summed E-state index contributed by atoms with van der Waals surface area (Å²) >= 11 is 0. The van der Waals surface area contributed by atoms with E-state index in [2.05, 4.69) is 56.4 Å². The van der Waals surface area contributed by atoms with Gasteiger partial charge in [-0.3, -0.25) is 0 Å². The van der Waals surface area contributed by atoms with E-state index < -0.39 is 11.7 Å². The van der Waals surface area contributed by atoms with Crippen LogP contribution in [0.25, 0.3) is 0 Å². The number of hydrogen-bond donors (Lipinski definition) is 0. The van der Waals surface area contributed by atoms with Crippen molar-refractivity contribution in [3.05, 3.63) is 94.6 Å². The lowest BCUT2D eigenvalue weighted by atomic mass is 9.77. The van der Waals surface area contributed by atoms with Crippen LogP contribution in [-0.4, -0.2) is 0 Å². The number of allylic oxidation sites excluding steroid dienone is 4. The Morgan fingerprint density at radius 1 is 0.897 bits per heavy atom. The van der Waals surface area contributed by atoms with Crippen molar-refractivity contribution in [1.82, 2.24) is 0 Å². The number of halogens is 3. The molecule has 6 unspecified atom stereocenters. The van der Waals surface area contributed by atoms with Gasteiger partial charge in [0.2, 0.25) is 0 Å². The van der Waals surface area contributed by atoms with Crippen molar-refractivity contribution in [3.8, 4) is 0 Å². The fourth-order valence-electron chi connectivity index (χ4n) is 6.38. The summed E-state index contributed by atoms with van der Waals surface area (Å²) < 4.78 is 40.9. The van der Waals surface area contributed by atoms with E-state index in [9.17, 15) is 13.2 Å². The maximum atomic E-state index is 13.6. The first kappa shape index (κ1) is 18.7. The second-order valence-corrected chi connectivity index (χ2v) is 8.98. The monoisotopic (exact) mass is 394 g/mol. The molecule has 0 radical (unpaired) electrons. The molecule has 3 aliphatic rings. The molecule has 5 rings (SSSR count). The lowest BCUT2D eigenvalue weighted by Gasteiger charge is -2.27. The number of benzene rings is 2. The molecule has 0 aliphatic heterocycles. The Morgan fingerprint density at radius 2 is 1.62 bits per heavy atom. The van der Waals surface area contributed by atoms with E-state index >= 15 is 0 Å². The third-order valence-electron chi connectivity index (χ3n) is 7.49. The van der Waals surface area contributed by atoms with Crippen molar-refractivity contribution in [2.75, 3.05) is 0 Å². The molecular formula is C26H25F3. The Morgan fingerprint density at radius 3 is 2.38 bits per heavy atom. The second-order valence-electron chi connectivity index (χ2n) is 8.98. The Kier molecular flexibility index (Phi) is 4.27. The number of rotatable bonds is 2. The van der Waals surface area contributed by atoms with Crippen molar-refractivity contribution in [2.45, 2.75) is 38.3 Å². The fourth-order valence-corrected chi connectivity index (χ4v) is 6.38. The molecule has 2 aromatic carbocycles. The zero-order chi connectivity index (χ0) is 20.3. The predicted octanol–water partition coefficient (Wildman–Crippen LogP) is 7.06. The van der Waals surface area contributed by atoms with Crippen LogP contribution in [0.5, 0.6) is 0 Å². The molecule has 150 valence electrons. The zero-order valence-corrected chi connectivity index (χ0v) is 16.7. The molecular weight excluding hydrogens is 369 g/mol. The molecule has 3 heteroatoms. The van der Waals surface area contributed by atoms with Crippen LogP contribution < -0.4 is 0 Å². The Hall–Kier alpha value is -2.29. The molecule has 0 nitrogen and oxygen atoms in total. The van der Waals surface area contributed by atoms with E-state index in [0.29, 0.717) is 41.6 Å². The van der Waals surface area contributed by atoms with Crippen LogP contribution in [0.1, 0.15) is 46.6 Å². The van der Waals surface area contributed by atoms with Gasteiger partial charge in [-0.2, -0.15) is 13.2 Å². The van der Waals surface area contributed by atoms with Crippen molar-refractivity contribution < 1.29 is 13.2 Å². The van der Waals surface area contributed by atoms with Gasteiger partial charge in [0.1, 0.15) is 0 Å². The maximum Gasteiger partial charge on any atom is 0.416 e. The zero-order valence-electron chi connectivity index (χ0n) is 16.7. The van der Waals surface area contributed by atoms with Gasteiger partial charge >= 0.3 is 6.18 Å². The maximum absolute atomic E-state index is 13.6. The molecule has 0 spiro atoms. The highest BCUT2D eigenvalue weighted by molar-refractivity contribution is 5.48. The van der Waals surface area contributed by atoms with Crippen LogP contribution in [0.2, 0.25) is 0 Å². The highest BCUT2D eigenvalue weighted by atomic mass is 19.4. The van der Waals surface area contributed by atoms with Gasteiger partial charge in [-0.15, -0.1) is 0 Å². The predicted molar refractivity (Wildman–Crippen MR) is 110 cm³/mol. The van der Waals surface area contributed by atoms with Crippen molar-refractivity contribution >= 4 is 0 Å². The van der Waals surface area contributed by atoms with E-state index in [-0.39, 0.29) is 5.92 Å². The lowest BCUT2D eigenvalue weighted by Crippen LogP contribution is -2.20. The van der Waals surface area contributed by atoms with Gasteiger partial charge in [-0.1, -0.05) is 73.2 Å². The highest BCUT2D eigenvalue weighted by Gasteiger charge is 2.55. The summed E-state index contributed by atoms with van der Waals surface area (Å²) in [5, 5.41) is 0. The average Bonchev–Trinajstić information content (AvgIpc) is 3.15. The summed E-state index contributed by atoms with van der Waals surface area (Å²) in [4.78, 5) is 0. The second kappa shape index (κ2) is 6.62. The molecule has 0 amide bonds. The van der Waals surface area contributed by atoms with Crippen LogP contribution in [-0.2, 0) is 12.6 Å². The van der Waals surface area contributed by atoms with Gasteiger partial charge < -0.3 is 0 Å². The molecule has 0 saturated heterocycles. The summed E-state index contributed by atoms with van der Waals surface area (Å²) in [5.41, 5.74) is 3.79. The van der Waals surface area contributed by atoms with E-state index in [4.69, 9.17) is 0 Å². The molecule has 2 aromatic rings. The summed E-state index contributed by atoms with van der Waals surface area (Å²) in [5.74, 6) is 2.26. The first-order valence-electron chi connectivity index (χ1n) is 10.5. The van der Waals surface area contributed by atoms with Crippen LogP contribution in [0.15, 0.2) is 66.8 Å². The summed E-state index contributed by atoms with van der Waals surface area (Å²) in [6.45, 7) is 4.40. The molecule has 0 N–H and O–H groups in total. The standard InChI is InChI=1S/C26H25F3/c1-15-11-12-19-21(13-15)25-20-9-5-4-8-18(20)16(2)24(25)22(19)14-17-7-3-6-10-23(17)26(27,28)29/h3-13,16,18,20,22,24-25H,14H2,1-2H3. The first-order valence-corrected chi connectivity index (χ1v) is 10.5. The Balaban J connectivity index is 1.61. The van der Waals surface area contributed by atoms with E-state index in [0.717, 1.165) is 0 Å². The van der Waals surface area contributed by atoms with Crippen LogP contribution in [0.4, 0.5) is 13.2 Å². The molecule has 0 heterocycles. The summed E-state index contributed by atoms with van der Waals surface area (Å²) in [6.07, 6.45) is 5.03. The van der Waals surface area contributed by atoms with Crippen molar-refractivity contribution in [1.29, 1.82) is 0 Å². The van der Waals surface area contributed by atoms with E-state index in [1.807, 2.05) is 0 Å². The third-order valence-corrected chi connectivity index (χ3v) is 7.49. The van der Waals surface area contributed by atoms with E-state index in [1.54, 1.807) is 12.1 Å². The van der Waals surface area contributed by atoms with Gasteiger partial charge in [0.05, 0.1) is 5.56 Å². The van der Waals surface area contributed by atoms with Crippen LogP contribution >= 0.6 is 0 Å². The quantitative estimate of drug-likeness (QED) is 0.511.